The molecular formula is C26H48O2. The molecule has 2 atom stereocenters. The molecule has 0 aliphatic heterocycles. The Labute approximate surface area is 176 Å². The smallest absolute Gasteiger partial charge is 0.307 e. The molecule has 0 heterocycles. The zero-order valence-electron chi connectivity index (χ0n) is 20.3. The molecule has 2 heteroatoms. The molecule has 1 aromatic carbocycles. The van der Waals surface area contributed by atoms with Crippen LogP contribution in [0.5, 0.6) is 0 Å². The molecule has 0 amide bonds. The van der Waals surface area contributed by atoms with Gasteiger partial charge in [-0.3, -0.25) is 4.79 Å². The molecule has 164 valence electrons. The first-order valence-corrected chi connectivity index (χ1v) is 11.2. The molecule has 0 fully saturated rings. The van der Waals surface area contributed by atoms with E-state index < -0.39 is 5.97 Å². The maximum Gasteiger partial charge on any atom is 0.307 e. The number of hydrogen-bond acceptors (Lipinski definition) is 1. The van der Waals surface area contributed by atoms with E-state index in [0.717, 1.165) is 29.2 Å². The van der Waals surface area contributed by atoms with E-state index in [1.165, 1.54) is 12.8 Å². The summed E-state index contributed by atoms with van der Waals surface area (Å²) in [5.74, 6) is 2.68. The van der Waals surface area contributed by atoms with Crippen LogP contribution >= 0.6 is 0 Å². The molecule has 1 aromatic rings. The molecule has 0 saturated heterocycles. The Bertz CT molecular complexity index is 468. The van der Waals surface area contributed by atoms with Gasteiger partial charge >= 0.3 is 5.97 Å². The normalized spacial score (nSPS) is 12.9. The standard InChI is InChI=1S/C12H16O2.C8H18.C6H14/c1-9(2)11(12(13)14)8-10-6-4-3-5-7-10;1-5-6-8(4)7(2)3;1-5(2)6(3)4/h3-7,9,11H,8H2,1-2H3,(H,13,14);7-8H,5-6H2,1-4H3;5-6H,1-4H3/t11-;8-;/m11./s1. The van der Waals surface area contributed by atoms with E-state index in [2.05, 4.69) is 55.4 Å². The van der Waals surface area contributed by atoms with Crippen LogP contribution in [-0.2, 0) is 11.2 Å². The first-order chi connectivity index (χ1) is 12.9. The minimum atomic E-state index is -0.705. The second kappa shape index (κ2) is 16.6. The van der Waals surface area contributed by atoms with Crippen molar-refractivity contribution in [2.75, 3.05) is 0 Å². The molecule has 28 heavy (non-hydrogen) atoms. The highest BCUT2D eigenvalue weighted by molar-refractivity contribution is 5.70. The van der Waals surface area contributed by atoms with Crippen LogP contribution in [0.25, 0.3) is 0 Å². The van der Waals surface area contributed by atoms with Gasteiger partial charge in [-0.25, -0.2) is 0 Å². The minimum Gasteiger partial charge on any atom is -0.481 e. The van der Waals surface area contributed by atoms with Crippen LogP contribution in [0.15, 0.2) is 30.3 Å². The van der Waals surface area contributed by atoms with Crippen molar-refractivity contribution in [2.24, 2.45) is 35.5 Å². The predicted molar refractivity (Wildman–Crippen MR) is 125 cm³/mol. The topological polar surface area (TPSA) is 37.3 Å². The van der Waals surface area contributed by atoms with Gasteiger partial charge in [0, 0.05) is 0 Å². The summed E-state index contributed by atoms with van der Waals surface area (Å²) in [5.41, 5.74) is 1.09. The molecule has 0 saturated carbocycles. The van der Waals surface area contributed by atoms with Crippen molar-refractivity contribution in [3.63, 3.8) is 0 Å². The Balaban J connectivity index is 0. The van der Waals surface area contributed by atoms with Gasteiger partial charge in [-0.15, -0.1) is 0 Å². The largest absolute Gasteiger partial charge is 0.481 e. The third-order valence-electron chi connectivity index (χ3n) is 5.64. The van der Waals surface area contributed by atoms with Crippen molar-refractivity contribution in [2.45, 2.75) is 88.5 Å². The molecular weight excluding hydrogens is 344 g/mol. The molecule has 0 unspecified atom stereocenters. The van der Waals surface area contributed by atoms with Gasteiger partial charge in [0.25, 0.3) is 0 Å². The fourth-order valence-electron chi connectivity index (χ4n) is 2.26. The highest BCUT2D eigenvalue weighted by Gasteiger charge is 2.21. The number of hydrogen-bond donors (Lipinski definition) is 1. The van der Waals surface area contributed by atoms with E-state index in [9.17, 15) is 4.79 Å². The highest BCUT2D eigenvalue weighted by atomic mass is 16.4. The van der Waals surface area contributed by atoms with Crippen molar-refractivity contribution < 1.29 is 9.90 Å². The summed E-state index contributed by atoms with van der Waals surface area (Å²) in [7, 11) is 0. The average molecular weight is 393 g/mol. The van der Waals surface area contributed by atoms with Crippen molar-refractivity contribution >= 4 is 5.97 Å². The third-order valence-corrected chi connectivity index (χ3v) is 5.64. The van der Waals surface area contributed by atoms with E-state index in [-0.39, 0.29) is 11.8 Å². The van der Waals surface area contributed by atoms with Gasteiger partial charge in [0.1, 0.15) is 0 Å². The lowest BCUT2D eigenvalue weighted by Gasteiger charge is -2.15. The molecule has 0 spiro atoms. The van der Waals surface area contributed by atoms with E-state index in [1.54, 1.807) is 0 Å². The Hall–Kier alpha value is -1.31. The summed E-state index contributed by atoms with van der Waals surface area (Å²) in [6.07, 6.45) is 3.34. The summed E-state index contributed by atoms with van der Waals surface area (Å²) >= 11 is 0. The quantitative estimate of drug-likeness (QED) is 0.487. The van der Waals surface area contributed by atoms with E-state index in [0.29, 0.717) is 6.42 Å². The minimum absolute atomic E-state index is 0.174. The molecule has 0 radical (unpaired) electrons. The zero-order valence-corrected chi connectivity index (χ0v) is 20.3. The van der Waals surface area contributed by atoms with Crippen LogP contribution in [0.1, 0.15) is 87.6 Å². The lowest BCUT2D eigenvalue weighted by Crippen LogP contribution is -2.22. The molecule has 0 aliphatic carbocycles. The Morgan fingerprint density at radius 1 is 0.786 bits per heavy atom. The number of carboxylic acid groups (broad SMARTS) is 1. The van der Waals surface area contributed by atoms with Crippen molar-refractivity contribution in [3.8, 4) is 0 Å². The number of aliphatic carboxylic acids is 1. The highest BCUT2D eigenvalue weighted by Crippen LogP contribution is 2.17. The molecule has 0 aromatic heterocycles. The lowest BCUT2D eigenvalue weighted by atomic mass is 9.89. The summed E-state index contributed by atoms with van der Waals surface area (Å²) in [6, 6.07) is 9.76. The molecule has 0 aliphatic rings. The second-order valence-electron chi connectivity index (χ2n) is 9.38. The maximum atomic E-state index is 10.9. The monoisotopic (exact) mass is 392 g/mol. The van der Waals surface area contributed by atoms with Gasteiger partial charge in [0.15, 0.2) is 0 Å². The first kappa shape index (κ1) is 28.9. The molecule has 0 bridgehead atoms. The molecule has 1 rings (SSSR count). The zero-order chi connectivity index (χ0) is 22.3. The fourth-order valence-corrected chi connectivity index (χ4v) is 2.26. The maximum absolute atomic E-state index is 10.9. The van der Waals surface area contributed by atoms with Crippen LogP contribution in [0.3, 0.4) is 0 Å². The van der Waals surface area contributed by atoms with Crippen molar-refractivity contribution in [3.05, 3.63) is 35.9 Å². The number of benzene rings is 1. The fraction of sp³-hybridized carbons (Fsp3) is 0.731. The Morgan fingerprint density at radius 2 is 1.25 bits per heavy atom. The van der Waals surface area contributed by atoms with Crippen LogP contribution in [0.4, 0.5) is 0 Å². The van der Waals surface area contributed by atoms with Gasteiger partial charge in [-0.05, 0) is 41.6 Å². The van der Waals surface area contributed by atoms with Crippen molar-refractivity contribution in [1.82, 2.24) is 0 Å². The average Bonchev–Trinajstić information content (AvgIpc) is 2.61. The summed E-state index contributed by atoms with van der Waals surface area (Å²) in [5, 5.41) is 9.00. The van der Waals surface area contributed by atoms with Gasteiger partial charge in [-0.2, -0.15) is 0 Å². The SMILES string of the molecule is CC(C)C(C)C.CC(C)[C@@H](Cc1ccccc1)C(=O)O.CCC[C@@H](C)C(C)C. The third kappa shape index (κ3) is 15.7. The van der Waals surface area contributed by atoms with Crippen molar-refractivity contribution in [1.29, 1.82) is 0 Å². The van der Waals surface area contributed by atoms with Crippen LogP contribution in [0.2, 0.25) is 0 Å². The van der Waals surface area contributed by atoms with Gasteiger partial charge in [0.05, 0.1) is 5.92 Å². The summed E-state index contributed by atoms with van der Waals surface area (Å²) in [4.78, 5) is 10.9. The van der Waals surface area contributed by atoms with Crippen LogP contribution < -0.4 is 0 Å². The second-order valence-corrected chi connectivity index (χ2v) is 9.38. The number of carboxylic acids is 1. The van der Waals surface area contributed by atoms with Crippen LogP contribution in [-0.4, -0.2) is 11.1 Å². The van der Waals surface area contributed by atoms with Gasteiger partial charge in [0.2, 0.25) is 0 Å². The Kier molecular flexibility index (Phi) is 17.2. The molecule has 1 N–H and O–H groups in total. The number of rotatable bonds is 8. The lowest BCUT2D eigenvalue weighted by molar-refractivity contribution is -0.143. The van der Waals surface area contributed by atoms with Crippen LogP contribution in [0, 0.1) is 35.5 Å². The van der Waals surface area contributed by atoms with Gasteiger partial charge in [-0.1, -0.05) is 112 Å². The predicted octanol–water partition coefficient (Wildman–Crippen LogP) is 7.96. The van der Waals surface area contributed by atoms with E-state index >= 15 is 0 Å². The summed E-state index contributed by atoms with van der Waals surface area (Å²) in [6.45, 7) is 22.0. The van der Waals surface area contributed by atoms with E-state index in [4.69, 9.17) is 5.11 Å². The number of carbonyl (C=O) groups is 1. The Morgan fingerprint density at radius 3 is 1.50 bits per heavy atom. The van der Waals surface area contributed by atoms with E-state index in [1.807, 2.05) is 44.2 Å². The summed E-state index contributed by atoms with van der Waals surface area (Å²) < 4.78 is 0. The van der Waals surface area contributed by atoms with Gasteiger partial charge < -0.3 is 5.11 Å². The molecule has 2 nitrogen and oxygen atoms in total. The first-order valence-electron chi connectivity index (χ1n) is 11.2.